The second-order valence-corrected chi connectivity index (χ2v) is 10.4. The second kappa shape index (κ2) is 9.74. The summed E-state index contributed by atoms with van der Waals surface area (Å²) >= 11 is 0. The van der Waals surface area contributed by atoms with Gasteiger partial charge in [-0.05, 0) is 69.1 Å². The highest BCUT2D eigenvalue weighted by Gasteiger charge is 2.33. The van der Waals surface area contributed by atoms with Crippen molar-refractivity contribution in [1.29, 1.82) is 0 Å². The molecule has 1 saturated heterocycles. The molecule has 2 saturated carbocycles. The normalized spacial score (nSPS) is 32.1. The van der Waals surface area contributed by atoms with Crippen molar-refractivity contribution in [3.8, 4) is 0 Å². The van der Waals surface area contributed by atoms with Gasteiger partial charge in [0.15, 0.2) is 0 Å². The number of amides is 1. The van der Waals surface area contributed by atoms with E-state index in [-0.39, 0.29) is 22.7 Å². The number of rotatable bonds is 6. The molecule has 1 aliphatic heterocycles. The number of anilines is 2. The third-order valence-corrected chi connectivity index (χ3v) is 8.38. The molecule has 0 bridgehead atoms. The van der Waals surface area contributed by atoms with Gasteiger partial charge < -0.3 is 15.5 Å². The Bertz CT molecular complexity index is 830. The number of piperidine rings is 1. The van der Waals surface area contributed by atoms with Crippen molar-refractivity contribution in [2.45, 2.75) is 84.1 Å². The lowest BCUT2D eigenvalue weighted by Crippen LogP contribution is -2.46. The van der Waals surface area contributed by atoms with Gasteiger partial charge in [-0.15, -0.1) is 0 Å². The highest BCUT2D eigenvalue weighted by atomic mass is 16.2. The Morgan fingerprint density at radius 1 is 0.903 bits per heavy atom. The minimum Gasteiger partial charge on any atom is -0.380 e. The maximum Gasteiger partial charge on any atom is 0.253 e. The van der Waals surface area contributed by atoms with Gasteiger partial charge in [-0.3, -0.25) is 14.4 Å². The molecule has 0 unspecified atom stereocenters. The Kier molecular flexibility index (Phi) is 7.02. The summed E-state index contributed by atoms with van der Waals surface area (Å²) in [6, 6.07) is 0.331. The highest BCUT2D eigenvalue weighted by Crippen LogP contribution is 2.33. The van der Waals surface area contributed by atoms with Gasteiger partial charge in [0, 0.05) is 31.6 Å². The van der Waals surface area contributed by atoms with Crippen molar-refractivity contribution >= 4 is 17.3 Å². The van der Waals surface area contributed by atoms with Crippen LogP contribution >= 0.6 is 0 Å². The fourth-order valence-corrected chi connectivity index (χ4v) is 5.92. The maximum absolute atomic E-state index is 12.8. The summed E-state index contributed by atoms with van der Waals surface area (Å²) in [5.41, 5.74) is 0.473. The van der Waals surface area contributed by atoms with Crippen molar-refractivity contribution in [2.75, 3.05) is 29.9 Å². The average molecular weight is 430 g/mol. The molecule has 31 heavy (non-hydrogen) atoms. The molecule has 172 valence electrons. The first kappa shape index (κ1) is 22.3. The number of hydrogen-bond donors (Lipinski definition) is 2. The maximum atomic E-state index is 12.8. The molecule has 3 atom stereocenters. The Morgan fingerprint density at radius 2 is 1.61 bits per heavy atom. The zero-order valence-electron chi connectivity index (χ0n) is 19.3. The first-order valence-electron chi connectivity index (χ1n) is 12.6. The van der Waals surface area contributed by atoms with Crippen LogP contribution in [0.3, 0.4) is 0 Å². The van der Waals surface area contributed by atoms with Gasteiger partial charge >= 0.3 is 0 Å². The summed E-state index contributed by atoms with van der Waals surface area (Å²) < 4.78 is 0. The molecule has 2 aliphatic carbocycles. The molecule has 0 aromatic heterocycles. The van der Waals surface area contributed by atoms with E-state index in [9.17, 15) is 14.4 Å². The van der Waals surface area contributed by atoms with Crippen LogP contribution in [0, 0.1) is 23.7 Å². The summed E-state index contributed by atoms with van der Waals surface area (Å²) in [6.45, 7) is 7.04. The summed E-state index contributed by atoms with van der Waals surface area (Å²) in [5.74, 6) is 2.06. The lowest BCUT2D eigenvalue weighted by molar-refractivity contribution is -0.127. The van der Waals surface area contributed by atoms with Crippen LogP contribution in [0.4, 0.5) is 11.4 Å². The fraction of sp³-hybridized carbons (Fsp3) is 0.800. The lowest BCUT2D eigenvalue weighted by Gasteiger charge is -2.36. The van der Waals surface area contributed by atoms with Crippen LogP contribution in [0.5, 0.6) is 0 Å². The van der Waals surface area contributed by atoms with Crippen LogP contribution in [-0.2, 0) is 4.79 Å². The smallest absolute Gasteiger partial charge is 0.253 e. The zero-order valence-corrected chi connectivity index (χ0v) is 19.3. The SMILES string of the molecule is C[C@@H]1[C@H](C)CCC[C@H]1NC(=O)C1CCC(CNc2c(N3CCCCC3)c(=O)c2=O)CC1. The lowest BCUT2D eigenvalue weighted by atomic mass is 9.77. The molecular weight excluding hydrogens is 390 g/mol. The van der Waals surface area contributed by atoms with E-state index >= 15 is 0 Å². The van der Waals surface area contributed by atoms with Crippen LogP contribution in [-0.4, -0.2) is 31.6 Å². The molecule has 0 radical (unpaired) electrons. The van der Waals surface area contributed by atoms with E-state index in [1.54, 1.807) is 0 Å². The molecule has 4 rings (SSSR count). The number of carbonyl (C=O) groups excluding carboxylic acids is 1. The van der Waals surface area contributed by atoms with Gasteiger partial charge in [0.2, 0.25) is 5.91 Å². The monoisotopic (exact) mass is 429 g/mol. The average Bonchev–Trinajstić information content (AvgIpc) is 2.80. The molecule has 1 aromatic rings. The fourth-order valence-electron chi connectivity index (χ4n) is 5.92. The third-order valence-electron chi connectivity index (χ3n) is 8.38. The van der Waals surface area contributed by atoms with Crippen LogP contribution in [0.25, 0.3) is 0 Å². The Balaban J connectivity index is 1.24. The van der Waals surface area contributed by atoms with E-state index in [0.29, 0.717) is 35.2 Å². The Labute approximate surface area is 185 Å². The van der Waals surface area contributed by atoms with Crippen molar-refractivity contribution in [1.82, 2.24) is 5.32 Å². The minimum absolute atomic E-state index is 0.121. The van der Waals surface area contributed by atoms with Crippen LogP contribution < -0.4 is 26.4 Å². The van der Waals surface area contributed by atoms with Crippen LogP contribution in [0.1, 0.15) is 78.1 Å². The summed E-state index contributed by atoms with van der Waals surface area (Å²) in [5, 5.41) is 6.66. The number of carbonyl (C=O) groups is 1. The number of nitrogens with zero attached hydrogens (tertiary/aromatic N) is 1. The third kappa shape index (κ3) is 4.83. The highest BCUT2D eigenvalue weighted by molar-refractivity contribution is 5.79. The molecule has 6 heteroatoms. The molecule has 1 heterocycles. The second-order valence-electron chi connectivity index (χ2n) is 10.4. The van der Waals surface area contributed by atoms with Gasteiger partial charge in [0.1, 0.15) is 11.4 Å². The van der Waals surface area contributed by atoms with E-state index in [0.717, 1.165) is 64.6 Å². The largest absolute Gasteiger partial charge is 0.380 e. The first-order valence-corrected chi connectivity index (χ1v) is 12.6. The zero-order chi connectivity index (χ0) is 22.0. The van der Waals surface area contributed by atoms with Crippen molar-refractivity contribution < 1.29 is 4.79 Å². The molecule has 1 amide bonds. The van der Waals surface area contributed by atoms with E-state index < -0.39 is 0 Å². The van der Waals surface area contributed by atoms with Gasteiger partial charge in [-0.25, -0.2) is 0 Å². The number of nitrogens with one attached hydrogen (secondary N) is 2. The minimum atomic E-state index is -0.357. The molecule has 1 aromatic carbocycles. The van der Waals surface area contributed by atoms with Gasteiger partial charge in [0.05, 0.1) is 0 Å². The molecule has 2 N–H and O–H groups in total. The topological polar surface area (TPSA) is 78.5 Å². The molecular formula is C25H39N3O3. The first-order chi connectivity index (χ1) is 15.0. The van der Waals surface area contributed by atoms with Crippen molar-refractivity contribution in [3.05, 3.63) is 20.4 Å². The van der Waals surface area contributed by atoms with Gasteiger partial charge in [-0.1, -0.05) is 26.7 Å². The van der Waals surface area contributed by atoms with E-state index in [1.165, 1.54) is 19.3 Å². The summed E-state index contributed by atoms with van der Waals surface area (Å²) in [6.07, 6.45) is 10.8. The Morgan fingerprint density at radius 3 is 2.32 bits per heavy atom. The van der Waals surface area contributed by atoms with E-state index in [4.69, 9.17) is 0 Å². The summed E-state index contributed by atoms with van der Waals surface area (Å²) in [4.78, 5) is 39.1. The van der Waals surface area contributed by atoms with Crippen molar-refractivity contribution in [2.24, 2.45) is 23.7 Å². The predicted octanol–water partition coefficient (Wildman–Crippen LogP) is 3.43. The van der Waals surface area contributed by atoms with Crippen LogP contribution in [0.15, 0.2) is 9.59 Å². The van der Waals surface area contributed by atoms with E-state index in [2.05, 4.69) is 29.4 Å². The molecule has 3 aliphatic rings. The Hall–Kier alpha value is -1.85. The standard InChI is InChI=1S/C25H39N3O3/c1-16-7-6-8-20(17(16)2)27-25(31)19-11-9-18(10-12-19)15-26-21-22(24(30)23(21)29)28-13-4-3-5-14-28/h16-20,26H,3-15H2,1-2H3,(H,27,31)/t16-,17-,18?,19?,20-/m1/s1. The van der Waals surface area contributed by atoms with Gasteiger partial charge in [0.25, 0.3) is 10.9 Å². The predicted molar refractivity (Wildman–Crippen MR) is 125 cm³/mol. The number of hydrogen-bond acceptors (Lipinski definition) is 5. The molecule has 0 spiro atoms. The van der Waals surface area contributed by atoms with Gasteiger partial charge in [-0.2, -0.15) is 0 Å². The molecule has 3 fully saturated rings. The summed E-state index contributed by atoms with van der Waals surface area (Å²) in [7, 11) is 0. The van der Waals surface area contributed by atoms with Crippen molar-refractivity contribution in [3.63, 3.8) is 0 Å². The van der Waals surface area contributed by atoms with Crippen LogP contribution in [0.2, 0.25) is 0 Å². The van der Waals surface area contributed by atoms with E-state index in [1.807, 2.05) is 0 Å². The molecule has 6 nitrogen and oxygen atoms in total. The quantitative estimate of drug-likeness (QED) is 0.678.